The van der Waals surface area contributed by atoms with Crippen LogP contribution >= 0.6 is 0 Å². The van der Waals surface area contributed by atoms with E-state index < -0.39 is 0 Å². The van der Waals surface area contributed by atoms with Crippen molar-refractivity contribution in [3.63, 3.8) is 0 Å². The predicted octanol–water partition coefficient (Wildman–Crippen LogP) is 7.86. The van der Waals surface area contributed by atoms with Crippen LogP contribution in [0.4, 0.5) is 4.39 Å². The highest BCUT2D eigenvalue weighted by Crippen LogP contribution is 2.27. The minimum atomic E-state index is -0.0652. The lowest BCUT2D eigenvalue weighted by Crippen LogP contribution is -2.06. The Bertz CT molecular complexity index is 555. The highest BCUT2D eigenvalue weighted by atomic mass is 19.1. The highest BCUT2D eigenvalue weighted by Gasteiger charge is 2.13. The zero-order valence-corrected chi connectivity index (χ0v) is 16.5. The molecular weight excluding hydrogens is 295 g/mol. The van der Waals surface area contributed by atoms with Gasteiger partial charge in [0.1, 0.15) is 5.83 Å². The Hall–Kier alpha value is -1.37. The number of halogens is 1. The second-order valence-corrected chi connectivity index (χ2v) is 7.41. The molecule has 0 aromatic rings. The van der Waals surface area contributed by atoms with E-state index in [1.54, 1.807) is 6.08 Å². The minimum absolute atomic E-state index is 0.0652. The summed E-state index contributed by atoms with van der Waals surface area (Å²) in [6.07, 6.45) is 16.0. The van der Waals surface area contributed by atoms with Crippen LogP contribution in [0.5, 0.6) is 0 Å². The van der Waals surface area contributed by atoms with Crippen LogP contribution in [0.1, 0.15) is 73.6 Å². The van der Waals surface area contributed by atoms with E-state index in [-0.39, 0.29) is 5.83 Å². The van der Waals surface area contributed by atoms with Gasteiger partial charge in [0.05, 0.1) is 0 Å². The molecule has 0 aromatic carbocycles. The van der Waals surface area contributed by atoms with Crippen molar-refractivity contribution in [3.8, 4) is 0 Å². The van der Waals surface area contributed by atoms with Crippen molar-refractivity contribution in [2.75, 3.05) is 0 Å². The molecule has 0 N–H and O–H groups in total. The first-order valence-electron chi connectivity index (χ1n) is 9.39. The molecule has 0 nitrogen and oxygen atoms in total. The summed E-state index contributed by atoms with van der Waals surface area (Å²) in [6, 6.07) is 0. The van der Waals surface area contributed by atoms with Crippen molar-refractivity contribution in [3.05, 3.63) is 58.5 Å². The molecule has 24 heavy (non-hydrogen) atoms. The lowest BCUT2D eigenvalue weighted by Gasteiger charge is -2.20. The fourth-order valence-corrected chi connectivity index (χ4v) is 2.72. The highest BCUT2D eigenvalue weighted by molar-refractivity contribution is 5.36. The van der Waals surface area contributed by atoms with E-state index in [2.05, 4.69) is 45.1 Å². The minimum Gasteiger partial charge on any atom is -0.207 e. The molecule has 134 valence electrons. The molecule has 0 heterocycles. The second-order valence-electron chi connectivity index (χ2n) is 7.41. The van der Waals surface area contributed by atoms with Gasteiger partial charge in [-0.1, -0.05) is 43.7 Å². The summed E-state index contributed by atoms with van der Waals surface area (Å²) in [7, 11) is 0. The van der Waals surface area contributed by atoms with Gasteiger partial charge in [-0.15, -0.1) is 0 Å². The van der Waals surface area contributed by atoms with Crippen molar-refractivity contribution >= 4 is 0 Å². The molecule has 1 aliphatic rings. The molecule has 2 unspecified atom stereocenters. The number of rotatable bonds is 7. The van der Waals surface area contributed by atoms with Crippen LogP contribution in [-0.2, 0) is 0 Å². The summed E-state index contributed by atoms with van der Waals surface area (Å²) in [6.45, 7) is 12.5. The molecule has 0 saturated heterocycles. The number of hydrogen-bond acceptors (Lipinski definition) is 0. The average Bonchev–Trinajstić information content (AvgIpc) is 2.58. The largest absolute Gasteiger partial charge is 0.207 e. The van der Waals surface area contributed by atoms with Crippen molar-refractivity contribution in [1.29, 1.82) is 0 Å². The van der Waals surface area contributed by atoms with Gasteiger partial charge in [-0.25, -0.2) is 4.39 Å². The van der Waals surface area contributed by atoms with Gasteiger partial charge in [-0.2, -0.15) is 0 Å². The van der Waals surface area contributed by atoms with Crippen molar-refractivity contribution in [2.24, 2.45) is 11.8 Å². The van der Waals surface area contributed by atoms with Crippen LogP contribution in [0.2, 0.25) is 0 Å². The van der Waals surface area contributed by atoms with E-state index in [1.165, 1.54) is 18.4 Å². The van der Waals surface area contributed by atoms with Gasteiger partial charge in [-0.3, -0.25) is 0 Å². The normalized spacial score (nSPS) is 24.2. The Morgan fingerprint density at radius 3 is 2.33 bits per heavy atom. The second kappa shape index (κ2) is 10.5. The zero-order chi connectivity index (χ0) is 18.1. The number of hydrogen-bond donors (Lipinski definition) is 0. The first kappa shape index (κ1) is 20.7. The fourth-order valence-electron chi connectivity index (χ4n) is 2.72. The molecule has 1 heteroatoms. The predicted molar refractivity (Wildman–Crippen MR) is 106 cm³/mol. The van der Waals surface area contributed by atoms with Gasteiger partial charge in [0.25, 0.3) is 0 Å². The smallest absolute Gasteiger partial charge is 0.122 e. The fraction of sp³-hybridized carbons (Fsp3) is 0.565. The molecule has 0 bridgehead atoms. The van der Waals surface area contributed by atoms with Crippen LogP contribution in [-0.4, -0.2) is 0 Å². The molecule has 0 aromatic heterocycles. The molecule has 1 rings (SSSR count). The maximum Gasteiger partial charge on any atom is 0.122 e. The van der Waals surface area contributed by atoms with Crippen LogP contribution in [0.15, 0.2) is 58.5 Å². The molecule has 0 aliphatic heterocycles. The van der Waals surface area contributed by atoms with Gasteiger partial charge in [0, 0.05) is 0 Å². The summed E-state index contributed by atoms with van der Waals surface area (Å²) in [5.74, 6) is 1.27. The molecular formula is C23H35F. The quantitative estimate of drug-likeness (QED) is 0.329. The Labute approximate surface area is 148 Å². The summed E-state index contributed by atoms with van der Waals surface area (Å²) in [5, 5.41) is 0. The molecule has 0 fully saturated rings. The van der Waals surface area contributed by atoms with Crippen molar-refractivity contribution in [2.45, 2.75) is 73.6 Å². The topological polar surface area (TPSA) is 0 Å². The van der Waals surface area contributed by atoms with Crippen LogP contribution in [0, 0.1) is 11.8 Å². The maximum absolute atomic E-state index is 14.4. The third-order valence-electron chi connectivity index (χ3n) is 5.14. The zero-order valence-electron chi connectivity index (χ0n) is 16.5. The van der Waals surface area contributed by atoms with Crippen LogP contribution in [0.3, 0.4) is 0 Å². The maximum atomic E-state index is 14.4. The van der Waals surface area contributed by atoms with Crippen LogP contribution < -0.4 is 0 Å². The Morgan fingerprint density at radius 2 is 1.75 bits per heavy atom. The third kappa shape index (κ3) is 7.47. The molecule has 0 amide bonds. The monoisotopic (exact) mass is 330 g/mol. The standard InChI is InChI=1S/C23H35F/c1-7-17(2)8-11-19(4)21(6)16-23(24)20(5)12-15-22-13-9-18(3)10-14-22/h8-9,11,13,16,18,22H,7,10,12,14-15H2,1-6H3/b17-8-,19-11+,21-16+,23-20-. The van der Waals surface area contributed by atoms with Crippen LogP contribution in [0.25, 0.3) is 0 Å². The third-order valence-corrected chi connectivity index (χ3v) is 5.14. The molecule has 0 saturated carbocycles. The lowest BCUT2D eigenvalue weighted by molar-refractivity contribution is 0.451. The Morgan fingerprint density at radius 1 is 1.04 bits per heavy atom. The summed E-state index contributed by atoms with van der Waals surface area (Å²) in [4.78, 5) is 0. The Kier molecular flexibility index (Phi) is 9.03. The molecule has 0 spiro atoms. The van der Waals surface area contributed by atoms with E-state index in [1.807, 2.05) is 20.8 Å². The number of allylic oxidation sites excluding steroid dienone is 10. The summed E-state index contributed by atoms with van der Waals surface area (Å²) >= 11 is 0. The SMILES string of the molecule is CC\C(C)=C/C=C(C)/C(C)=C/C(F)=C(\C)CCC1C=CC(C)CC1. The van der Waals surface area contributed by atoms with Gasteiger partial charge in [-0.05, 0) is 94.4 Å². The summed E-state index contributed by atoms with van der Waals surface area (Å²) in [5.41, 5.74) is 4.33. The van der Waals surface area contributed by atoms with Crippen molar-refractivity contribution in [1.82, 2.24) is 0 Å². The van der Waals surface area contributed by atoms with Gasteiger partial charge < -0.3 is 0 Å². The van der Waals surface area contributed by atoms with E-state index in [0.29, 0.717) is 11.8 Å². The van der Waals surface area contributed by atoms with Gasteiger partial charge in [0.15, 0.2) is 0 Å². The van der Waals surface area contributed by atoms with E-state index in [0.717, 1.165) is 36.0 Å². The van der Waals surface area contributed by atoms with Gasteiger partial charge >= 0.3 is 0 Å². The van der Waals surface area contributed by atoms with Crippen molar-refractivity contribution < 1.29 is 4.39 Å². The molecule has 2 atom stereocenters. The molecule has 1 aliphatic carbocycles. The lowest BCUT2D eigenvalue weighted by atomic mass is 9.86. The average molecular weight is 331 g/mol. The molecule has 0 radical (unpaired) electrons. The summed E-state index contributed by atoms with van der Waals surface area (Å²) < 4.78 is 14.4. The Balaban J connectivity index is 2.66. The van der Waals surface area contributed by atoms with E-state index in [4.69, 9.17) is 0 Å². The van der Waals surface area contributed by atoms with E-state index >= 15 is 0 Å². The van der Waals surface area contributed by atoms with Gasteiger partial charge in [0.2, 0.25) is 0 Å². The first-order chi connectivity index (χ1) is 11.3. The van der Waals surface area contributed by atoms with E-state index in [9.17, 15) is 4.39 Å². The first-order valence-corrected chi connectivity index (χ1v) is 9.39.